The molecule has 3 nitrogen and oxygen atoms in total. The number of nitrogens with one attached hydrogen (secondary N) is 1. The van der Waals surface area contributed by atoms with Crippen LogP contribution in [0.3, 0.4) is 0 Å². The minimum absolute atomic E-state index is 0.542. The fourth-order valence-corrected chi connectivity index (χ4v) is 1.88. The second kappa shape index (κ2) is 6.39. The molecule has 1 unspecified atom stereocenters. The number of rotatable bonds is 6. The molecule has 1 aromatic carbocycles. The molecule has 0 aliphatic carbocycles. The Labute approximate surface area is 103 Å². The third kappa shape index (κ3) is 4.56. The molecular formula is C14H20N2O. The van der Waals surface area contributed by atoms with Crippen molar-refractivity contribution in [2.24, 2.45) is 0 Å². The molecule has 92 valence electrons. The van der Waals surface area contributed by atoms with Gasteiger partial charge in [0.2, 0.25) is 0 Å². The second-order valence-electron chi connectivity index (χ2n) is 4.62. The summed E-state index contributed by atoms with van der Waals surface area (Å²) in [5, 5.41) is 22.1. The van der Waals surface area contributed by atoms with Gasteiger partial charge in [-0.3, -0.25) is 0 Å². The van der Waals surface area contributed by atoms with E-state index in [0.717, 1.165) is 18.4 Å². The van der Waals surface area contributed by atoms with Gasteiger partial charge in [0.25, 0.3) is 0 Å². The molecule has 0 saturated heterocycles. The molecule has 17 heavy (non-hydrogen) atoms. The highest BCUT2D eigenvalue weighted by Crippen LogP contribution is 2.11. The zero-order valence-electron chi connectivity index (χ0n) is 10.5. The highest BCUT2D eigenvalue weighted by molar-refractivity contribution is 5.37. The van der Waals surface area contributed by atoms with Crippen LogP contribution in [0.1, 0.15) is 37.8 Å². The first kappa shape index (κ1) is 13.7. The maximum atomic E-state index is 9.99. The second-order valence-corrected chi connectivity index (χ2v) is 4.62. The highest BCUT2D eigenvalue weighted by atomic mass is 16.3. The van der Waals surface area contributed by atoms with Crippen molar-refractivity contribution < 1.29 is 5.11 Å². The van der Waals surface area contributed by atoms with E-state index in [2.05, 4.69) is 18.3 Å². The zero-order chi connectivity index (χ0) is 12.7. The Bertz CT molecular complexity index is 393. The van der Waals surface area contributed by atoms with E-state index in [-0.39, 0.29) is 0 Å². The molecule has 0 bridgehead atoms. The summed E-state index contributed by atoms with van der Waals surface area (Å²) < 4.78 is 0. The van der Waals surface area contributed by atoms with Crippen LogP contribution < -0.4 is 5.32 Å². The van der Waals surface area contributed by atoms with Gasteiger partial charge >= 0.3 is 0 Å². The molecule has 0 saturated carbocycles. The Kier molecular flexibility index (Phi) is 5.14. The summed E-state index contributed by atoms with van der Waals surface area (Å²) in [4.78, 5) is 0. The molecule has 0 aromatic heterocycles. The van der Waals surface area contributed by atoms with Crippen molar-refractivity contribution in [1.29, 1.82) is 5.26 Å². The van der Waals surface area contributed by atoms with Crippen molar-refractivity contribution in [2.45, 2.75) is 38.8 Å². The van der Waals surface area contributed by atoms with E-state index in [4.69, 9.17) is 5.26 Å². The first-order valence-electron chi connectivity index (χ1n) is 6.00. The van der Waals surface area contributed by atoms with Crippen LogP contribution in [0.15, 0.2) is 24.3 Å². The summed E-state index contributed by atoms with van der Waals surface area (Å²) in [6.45, 7) is 5.04. The van der Waals surface area contributed by atoms with Gasteiger partial charge in [-0.1, -0.05) is 31.5 Å². The first-order valence-corrected chi connectivity index (χ1v) is 6.00. The van der Waals surface area contributed by atoms with Gasteiger partial charge in [-0.25, -0.2) is 0 Å². The fraction of sp³-hybridized carbons (Fsp3) is 0.500. The van der Waals surface area contributed by atoms with Gasteiger partial charge < -0.3 is 10.4 Å². The lowest BCUT2D eigenvalue weighted by Crippen LogP contribution is -2.37. The molecule has 0 aliphatic heterocycles. The van der Waals surface area contributed by atoms with Crippen molar-refractivity contribution in [1.82, 2.24) is 5.32 Å². The average molecular weight is 232 g/mol. The Morgan fingerprint density at radius 3 is 2.76 bits per heavy atom. The van der Waals surface area contributed by atoms with E-state index >= 15 is 0 Å². The summed E-state index contributed by atoms with van der Waals surface area (Å²) in [6, 6.07) is 9.68. The lowest BCUT2D eigenvalue weighted by atomic mass is 10.0. The van der Waals surface area contributed by atoms with Gasteiger partial charge in [0.05, 0.1) is 17.2 Å². The predicted molar refractivity (Wildman–Crippen MR) is 68.4 cm³/mol. The van der Waals surface area contributed by atoms with Gasteiger partial charge in [0.15, 0.2) is 0 Å². The normalized spacial score (nSPS) is 14.0. The summed E-state index contributed by atoms with van der Waals surface area (Å²) in [7, 11) is 0. The number of hydrogen-bond acceptors (Lipinski definition) is 3. The van der Waals surface area contributed by atoms with Gasteiger partial charge in [0, 0.05) is 13.1 Å². The summed E-state index contributed by atoms with van der Waals surface area (Å²) in [5.74, 6) is 0. The van der Waals surface area contributed by atoms with E-state index in [1.54, 1.807) is 6.07 Å². The topological polar surface area (TPSA) is 56.0 Å². The van der Waals surface area contributed by atoms with Crippen molar-refractivity contribution in [3.05, 3.63) is 35.4 Å². The molecule has 1 rings (SSSR count). The van der Waals surface area contributed by atoms with Crippen molar-refractivity contribution in [3.8, 4) is 6.07 Å². The SMILES string of the molecule is CCCC(C)(O)CNCc1ccccc1C#N. The van der Waals surface area contributed by atoms with Crippen molar-refractivity contribution in [2.75, 3.05) is 6.54 Å². The number of nitrogens with zero attached hydrogens (tertiary/aromatic N) is 1. The molecule has 0 spiro atoms. The van der Waals surface area contributed by atoms with Crippen molar-refractivity contribution in [3.63, 3.8) is 0 Å². The standard InChI is InChI=1S/C14H20N2O/c1-3-8-14(2,17)11-16-10-13-7-5-4-6-12(13)9-15/h4-7,16-17H,3,8,10-11H2,1-2H3. The molecule has 0 radical (unpaired) electrons. The molecule has 3 heteroatoms. The average Bonchev–Trinajstić information content (AvgIpc) is 2.29. The Balaban J connectivity index is 2.49. The van der Waals surface area contributed by atoms with E-state index in [9.17, 15) is 5.11 Å². The molecular weight excluding hydrogens is 212 g/mol. The van der Waals surface area contributed by atoms with Crippen LogP contribution in [-0.4, -0.2) is 17.3 Å². The number of hydrogen-bond donors (Lipinski definition) is 2. The zero-order valence-corrected chi connectivity index (χ0v) is 10.5. The number of benzene rings is 1. The van der Waals surface area contributed by atoms with Crippen LogP contribution in [0.4, 0.5) is 0 Å². The summed E-state index contributed by atoms with van der Waals surface area (Å²) >= 11 is 0. The molecule has 0 amide bonds. The van der Waals surface area contributed by atoms with Gasteiger partial charge in [-0.15, -0.1) is 0 Å². The van der Waals surface area contributed by atoms with Crippen LogP contribution in [0.25, 0.3) is 0 Å². The number of nitriles is 1. The number of aliphatic hydroxyl groups is 1. The Morgan fingerprint density at radius 2 is 2.12 bits per heavy atom. The highest BCUT2D eigenvalue weighted by Gasteiger charge is 2.18. The van der Waals surface area contributed by atoms with E-state index < -0.39 is 5.60 Å². The third-order valence-corrected chi connectivity index (χ3v) is 2.75. The lowest BCUT2D eigenvalue weighted by molar-refractivity contribution is 0.0498. The molecule has 2 N–H and O–H groups in total. The minimum Gasteiger partial charge on any atom is -0.389 e. The fourth-order valence-electron chi connectivity index (χ4n) is 1.88. The van der Waals surface area contributed by atoms with Crippen molar-refractivity contribution >= 4 is 0 Å². The predicted octanol–water partition coefficient (Wildman–Crippen LogP) is 2.20. The quantitative estimate of drug-likeness (QED) is 0.790. The monoisotopic (exact) mass is 232 g/mol. The van der Waals surface area contributed by atoms with E-state index in [0.29, 0.717) is 18.7 Å². The van der Waals surface area contributed by atoms with Crippen LogP contribution >= 0.6 is 0 Å². The molecule has 1 aromatic rings. The van der Waals surface area contributed by atoms with Crippen LogP contribution in [-0.2, 0) is 6.54 Å². The van der Waals surface area contributed by atoms with Gasteiger partial charge in [0.1, 0.15) is 0 Å². The van der Waals surface area contributed by atoms with Gasteiger partial charge in [-0.05, 0) is 25.0 Å². The van der Waals surface area contributed by atoms with E-state index in [1.807, 2.05) is 25.1 Å². The smallest absolute Gasteiger partial charge is 0.0995 e. The molecule has 0 heterocycles. The molecule has 0 fully saturated rings. The molecule has 1 atom stereocenters. The third-order valence-electron chi connectivity index (χ3n) is 2.75. The maximum Gasteiger partial charge on any atom is 0.0995 e. The molecule has 0 aliphatic rings. The largest absolute Gasteiger partial charge is 0.389 e. The minimum atomic E-state index is -0.670. The summed E-state index contributed by atoms with van der Waals surface area (Å²) in [6.07, 6.45) is 1.74. The van der Waals surface area contributed by atoms with Crippen LogP contribution in [0, 0.1) is 11.3 Å². The first-order chi connectivity index (χ1) is 8.09. The Hall–Kier alpha value is -1.37. The van der Waals surface area contributed by atoms with E-state index in [1.165, 1.54) is 0 Å². The van der Waals surface area contributed by atoms with Crippen LogP contribution in [0.2, 0.25) is 0 Å². The maximum absolute atomic E-state index is 9.99. The summed E-state index contributed by atoms with van der Waals surface area (Å²) in [5.41, 5.74) is 0.994. The lowest BCUT2D eigenvalue weighted by Gasteiger charge is -2.23. The van der Waals surface area contributed by atoms with Gasteiger partial charge in [-0.2, -0.15) is 5.26 Å². The van der Waals surface area contributed by atoms with Crippen LogP contribution in [0.5, 0.6) is 0 Å². The Morgan fingerprint density at radius 1 is 1.41 bits per heavy atom.